The van der Waals surface area contributed by atoms with Crippen molar-refractivity contribution in [2.75, 3.05) is 38.1 Å². The van der Waals surface area contributed by atoms with Gasteiger partial charge in [-0.1, -0.05) is 12.1 Å². The second-order valence-corrected chi connectivity index (χ2v) is 6.25. The molecule has 0 saturated carbocycles. The first kappa shape index (κ1) is 16.3. The van der Waals surface area contributed by atoms with Crippen molar-refractivity contribution in [3.8, 4) is 0 Å². The Labute approximate surface area is 141 Å². The molecule has 2 aliphatic rings. The topological polar surface area (TPSA) is 73.0 Å². The van der Waals surface area contributed by atoms with Gasteiger partial charge in [0.2, 0.25) is 11.8 Å². The Balaban J connectivity index is 1.64. The molecule has 1 atom stereocenters. The highest BCUT2D eigenvalue weighted by molar-refractivity contribution is 5.94. The predicted molar refractivity (Wildman–Crippen MR) is 89.7 cm³/mol. The van der Waals surface area contributed by atoms with Crippen molar-refractivity contribution in [2.24, 2.45) is 0 Å². The molecule has 0 spiro atoms. The Hall–Kier alpha value is -2.57. The number of benzene rings is 1. The Kier molecular flexibility index (Phi) is 4.42. The first-order valence-corrected chi connectivity index (χ1v) is 8.16. The van der Waals surface area contributed by atoms with E-state index >= 15 is 0 Å². The van der Waals surface area contributed by atoms with Crippen molar-refractivity contribution in [1.29, 1.82) is 0 Å². The molecule has 3 rings (SSSR count). The molecule has 1 unspecified atom stereocenters. The zero-order valence-corrected chi connectivity index (χ0v) is 14.0. The molecule has 1 aromatic rings. The van der Waals surface area contributed by atoms with Gasteiger partial charge in [0.05, 0.1) is 6.42 Å². The van der Waals surface area contributed by atoms with E-state index in [1.807, 2.05) is 24.3 Å². The van der Waals surface area contributed by atoms with Gasteiger partial charge in [-0.3, -0.25) is 14.5 Å². The quantitative estimate of drug-likeness (QED) is 0.874. The van der Waals surface area contributed by atoms with Crippen molar-refractivity contribution < 1.29 is 14.4 Å². The SMILES string of the molecule is CC1C(=O)N(C)CCN1C(=O)Cc1ccc(N2CCNC2=O)cc1. The number of carbonyl (C=O) groups is 3. The molecule has 0 aromatic heterocycles. The number of hydrogen-bond acceptors (Lipinski definition) is 3. The Morgan fingerprint density at radius 3 is 2.50 bits per heavy atom. The third-order valence-corrected chi connectivity index (χ3v) is 4.66. The van der Waals surface area contributed by atoms with Gasteiger partial charge in [0.15, 0.2) is 0 Å². The summed E-state index contributed by atoms with van der Waals surface area (Å²) in [5.41, 5.74) is 1.70. The summed E-state index contributed by atoms with van der Waals surface area (Å²) in [5.74, 6) is -0.0689. The number of rotatable bonds is 3. The van der Waals surface area contributed by atoms with Crippen LogP contribution in [-0.2, 0) is 16.0 Å². The fourth-order valence-electron chi connectivity index (χ4n) is 3.14. The Morgan fingerprint density at radius 1 is 1.17 bits per heavy atom. The van der Waals surface area contributed by atoms with Gasteiger partial charge in [-0.15, -0.1) is 0 Å². The van der Waals surface area contributed by atoms with Crippen molar-refractivity contribution >= 4 is 23.5 Å². The zero-order chi connectivity index (χ0) is 17.3. The molecule has 7 heteroatoms. The smallest absolute Gasteiger partial charge is 0.321 e. The van der Waals surface area contributed by atoms with Crippen molar-refractivity contribution in [3.63, 3.8) is 0 Å². The van der Waals surface area contributed by atoms with Gasteiger partial charge in [-0.25, -0.2) is 4.79 Å². The molecule has 7 nitrogen and oxygen atoms in total. The average molecular weight is 330 g/mol. The molecule has 1 N–H and O–H groups in total. The average Bonchev–Trinajstić information content (AvgIpc) is 2.99. The normalized spacial score (nSPS) is 21.2. The molecule has 128 valence electrons. The summed E-state index contributed by atoms with van der Waals surface area (Å²) in [6.45, 7) is 4.20. The molecule has 1 aromatic carbocycles. The molecule has 4 amide bonds. The van der Waals surface area contributed by atoms with E-state index < -0.39 is 6.04 Å². The molecule has 0 aliphatic carbocycles. The summed E-state index contributed by atoms with van der Waals surface area (Å²) in [5, 5.41) is 2.76. The minimum Gasteiger partial charge on any atom is -0.342 e. The number of nitrogens with zero attached hydrogens (tertiary/aromatic N) is 3. The van der Waals surface area contributed by atoms with Crippen LogP contribution < -0.4 is 10.2 Å². The number of likely N-dealkylation sites (N-methyl/N-ethyl adjacent to an activating group) is 1. The maximum Gasteiger partial charge on any atom is 0.321 e. The van der Waals surface area contributed by atoms with Gasteiger partial charge in [-0.05, 0) is 24.6 Å². The second kappa shape index (κ2) is 6.51. The van der Waals surface area contributed by atoms with Crippen LogP contribution in [0.4, 0.5) is 10.5 Å². The molecule has 2 saturated heterocycles. The monoisotopic (exact) mass is 330 g/mol. The molecule has 24 heavy (non-hydrogen) atoms. The highest BCUT2D eigenvalue weighted by atomic mass is 16.2. The summed E-state index contributed by atoms with van der Waals surface area (Å²) in [6, 6.07) is 6.92. The van der Waals surface area contributed by atoms with Crippen molar-refractivity contribution in [2.45, 2.75) is 19.4 Å². The maximum atomic E-state index is 12.5. The standard InChI is InChI=1S/C17H22N4O3/c1-12-16(23)19(2)9-10-20(12)15(22)11-13-3-5-14(6-4-13)21-8-7-18-17(21)24/h3-6,12H,7-11H2,1-2H3,(H,18,24). The lowest BCUT2D eigenvalue weighted by atomic mass is 10.1. The van der Waals surface area contributed by atoms with Crippen LogP contribution in [-0.4, -0.2) is 66.9 Å². The molecule has 2 fully saturated rings. The lowest BCUT2D eigenvalue weighted by molar-refractivity contribution is -0.149. The van der Waals surface area contributed by atoms with E-state index in [9.17, 15) is 14.4 Å². The predicted octanol–water partition coefficient (Wildman–Crippen LogP) is 0.448. The van der Waals surface area contributed by atoms with Crippen LogP contribution in [0.15, 0.2) is 24.3 Å². The summed E-state index contributed by atoms with van der Waals surface area (Å²) < 4.78 is 0. The summed E-state index contributed by atoms with van der Waals surface area (Å²) in [4.78, 5) is 41.1. The maximum absolute atomic E-state index is 12.5. The second-order valence-electron chi connectivity index (χ2n) is 6.25. The van der Waals surface area contributed by atoms with Crippen molar-refractivity contribution in [3.05, 3.63) is 29.8 Å². The zero-order valence-electron chi connectivity index (χ0n) is 14.0. The fraction of sp³-hybridized carbons (Fsp3) is 0.471. The summed E-state index contributed by atoms with van der Waals surface area (Å²) in [7, 11) is 1.76. The number of amides is 4. The molecule has 2 aliphatic heterocycles. The van der Waals surface area contributed by atoms with Crippen LogP contribution in [0.25, 0.3) is 0 Å². The third kappa shape index (κ3) is 3.06. The molecule has 0 radical (unpaired) electrons. The number of hydrogen-bond donors (Lipinski definition) is 1. The van der Waals surface area contributed by atoms with Gasteiger partial charge in [0.25, 0.3) is 0 Å². The van der Waals surface area contributed by atoms with E-state index in [-0.39, 0.29) is 24.3 Å². The number of urea groups is 1. The molecule has 0 bridgehead atoms. The molecular weight excluding hydrogens is 308 g/mol. The Bertz CT molecular complexity index is 658. The number of nitrogens with one attached hydrogen (secondary N) is 1. The van der Waals surface area contributed by atoms with Gasteiger partial charge in [0.1, 0.15) is 6.04 Å². The van der Waals surface area contributed by atoms with Crippen LogP contribution >= 0.6 is 0 Å². The van der Waals surface area contributed by atoms with Gasteiger partial charge < -0.3 is 15.1 Å². The van der Waals surface area contributed by atoms with E-state index in [2.05, 4.69) is 5.32 Å². The van der Waals surface area contributed by atoms with E-state index in [0.29, 0.717) is 26.2 Å². The fourth-order valence-corrected chi connectivity index (χ4v) is 3.14. The highest BCUT2D eigenvalue weighted by Gasteiger charge is 2.32. The Morgan fingerprint density at radius 2 is 1.88 bits per heavy atom. The van der Waals surface area contributed by atoms with Gasteiger partial charge in [-0.2, -0.15) is 0 Å². The first-order valence-electron chi connectivity index (χ1n) is 8.16. The molecule has 2 heterocycles. The van der Waals surface area contributed by atoms with Gasteiger partial charge in [0, 0.05) is 38.9 Å². The van der Waals surface area contributed by atoms with Crippen LogP contribution in [0.2, 0.25) is 0 Å². The number of piperazine rings is 1. The number of anilines is 1. The molecular formula is C17H22N4O3. The van der Waals surface area contributed by atoms with E-state index in [1.165, 1.54) is 0 Å². The minimum atomic E-state index is -0.413. The van der Waals surface area contributed by atoms with E-state index in [0.717, 1.165) is 11.3 Å². The lowest BCUT2D eigenvalue weighted by Gasteiger charge is -2.37. The van der Waals surface area contributed by atoms with Crippen molar-refractivity contribution in [1.82, 2.24) is 15.1 Å². The van der Waals surface area contributed by atoms with Gasteiger partial charge >= 0.3 is 6.03 Å². The van der Waals surface area contributed by atoms with E-state index in [4.69, 9.17) is 0 Å². The highest BCUT2D eigenvalue weighted by Crippen LogP contribution is 2.18. The minimum absolute atomic E-state index is 0.0232. The summed E-state index contributed by atoms with van der Waals surface area (Å²) in [6.07, 6.45) is 0.258. The van der Waals surface area contributed by atoms with Crippen LogP contribution in [0.5, 0.6) is 0 Å². The van der Waals surface area contributed by atoms with Crippen LogP contribution in [0.1, 0.15) is 12.5 Å². The van der Waals surface area contributed by atoms with Crippen LogP contribution in [0, 0.1) is 0 Å². The van der Waals surface area contributed by atoms with Crippen LogP contribution in [0.3, 0.4) is 0 Å². The third-order valence-electron chi connectivity index (χ3n) is 4.66. The first-order chi connectivity index (χ1) is 11.5. The summed E-state index contributed by atoms with van der Waals surface area (Å²) >= 11 is 0. The number of carbonyl (C=O) groups excluding carboxylic acids is 3. The largest absolute Gasteiger partial charge is 0.342 e. The lowest BCUT2D eigenvalue weighted by Crippen LogP contribution is -2.56. The van der Waals surface area contributed by atoms with E-state index in [1.54, 1.807) is 28.7 Å².